The second-order valence-electron chi connectivity index (χ2n) is 3.12. The molecule has 16 heavy (non-hydrogen) atoms. The minimum absolute atomic E-state index is 0.0137. The highest BCUT2D eigenvalue weighted by molar-refractivity contribution is 9.10. The van der Waals surface area contributed by atoms with Gasteiger partial charge >= 0.3 is 5.69 Å². The maximum Gasteiger partial charge on any atom is 0.312 e. The van der Waals surface area contributed by atoms with E-state index < -0.39 is 4.92 Å². The van der Waals surface area contributed by atoms with Crippen LogP contribution < -0.4 is 4.74 Å². The molecule has 0 aliphatic heterocycles. The molecule has 1 aromatic rings. The summed E-state index contributed by atoms with van der Waals surface area (Å²) in [4.78, 5) is 10.3. The van der Waals surface area contributed by atoms with Crippen molar-refractivity contribution in [1.29, 1.82) is 0 Å². The number of halogens is 1. The van der Waals surface area contributed by atoms with E-state index in [2.05, 4.69) is 28.6 Å². The first-order chi connectivity index (χ1) is 7.66. The maximum atomic E-state index is 10.8. The van der Waals surface area contributed by atoms with Gasteiger partial charge in [-0.3, -0.25) is 10.1 Å². The van der Waals surface area contributed by atoms with Gasteiger partial charge in [-0.2, -0.15) is 12.6 Å². The van der Waals surface area contributed by atoms with Crippen LogP contribution in [0.25, 0.3) is 0 Å². The standard InChI is InChI=1S/C10H12BrNO3S/c11-8-4-3-5-9(12(13)14)10(8)15-6-1-2-7-16/h3-5,16H,1-2,6-7H2. The zero-order chi connectivity index (χ0) is 12.0. The molecule has 0 aliphatic carbocycles. The second kappa shape index (κ2) is 6.75. The molecule has 4 nitrogen and oxygen atoms in total. The Bertz CT molecular complexity index is 373. The average molecular weight is 306 g/mol. The molecule has 6 heteroatoms. The molecule has 0 heterocycles. The molecule has 0 aliphatic rings. The molecule has 0 atom stereocenters. The van der Waals surface area contributed by atoms with Crippen LogP contribution >= 0.6 is 28.6 Å². The largest absolute Gasteiger partial charge is 0.486 e. The highest BCUT2D eigenvalue weighted by Crippen LogP contribution is 2.34. The number of hydrogen-bond donors (Lipinski definition) is 1. The van der Waals surface area contributed by atoms with Crippen molar-refractivity contribution in [3.63, 3.8) is 0 Å². The van der Waals surface area contributed by atoms with Crippen molar-refractivity contribution in [3.05, 3.63) is 32.8 Å². The van der Waals surface area contributed by atoms with Gasteiger partial charge < -0.3 is 4.74 Å². The summed E-state index contributed by atoms with van der Waals surface area (Å²) >= 11 is 7.32. The number of rotatable bonds is 6. The van der Waals surface area contributed by atoms with Crippen LogP contribution in [0.5, 0.6) is 5.75 Å². The molecule has 0 spiro atoms. The lowest BCUT2D eigenvalue weighted by Crippen LogP contribution is -2.01. The number of hydrogen-bond acceptors (Lipinski definition) is 4. The Morgan fingerprint density at radius 3 is 2.81 bits per heavy atom. The molecule has 1 rings (SSSR count). The van der Waals surface area contributed by atoms with E-state index in [-0.39, 0.29) is 5.69 Å². The molecule has 88 valence electrons. The molecule has 0 N–H and O–H groups in total. The Morgan fingerprint density at radius 1 is 1.44 bits per heavy atom. The molecule has 0 bridgehead atoms. The summed E-state index contributed by atoms with van der Waals surface area (Å²) in [5.74, 6) is 1.09. The van der Waals surface area contributed by atoms with E-state index in [0.717, 1.165) is 18.6 Å². The van der Waals surface area contributed by atoms with Crippen molar-refractivity contribution in [2.24, 2.45) is 0 Å². The van der Waals surface area contributed by atoms with Crippen LogP contribution in [-0.4, -0.2) is 17.3 Å². The Kier molecular flexibility index (Phi) is 5.62. The molecular weight excluding hydrogens is 294 g/mol. The third-order valence-electron chi connectivity index (χ3n) is 1.94. The highest BCUT2D eigenvalue weighted by Gasteiger charge is 2.17. The second-order valence-corrected chi connectivity index (χ2v) is 4.43. The summed E-state index contributed by atoms with van der Waals surface area (Å²) in [7, 11) is 0. The minimum Gasteiger partial charge on any atom is -0.486 e. The lowest BCUT2D eigenvalue weighted by molar-refractivity contribution is -0.386. The predicted octanol–water partition coefficient (Wildman–Crippen LogP) is 3.45. The topological polar surface area (TPSA) is 52.4 Å². The van der Waals surface area contributed by atoms with E-state index >= 15 is 0 Å². The van der Waals surface area contributed by atoms with Gasteiger partial charge in [0.25, 0.3) is 0 Å². The monoisotopic (exact) mass is 305 g/mol. The van der Waals surface area contributed by atoms with Crippen molar-refractivity contribution < 1.29 is 9.66 Å². The highest BCUT2D eigenvalue weighted by atomic mass is 79.9. The molecule has 0 radical (unpaired) electrons. The third kappa shape index (κ3) is 3.68. The van der Waals surface area contributed by atoms with Gasteiger partial charge in [-0.15, -0.1) is 0 Å². The average Bonchev–Trinajstić information content (AvgIpc) is 2.25. The first kappa shape index (κ1) is 13.3. The zero-order valence-electron chi connectivity index (χ0n) is 8.56. The van der Waals surface area contributed by atoms with Crippen molar-refractivity contribution in [3.8, 4) is 5.75 Å². The van der Waals surface area contributed by atoms with Crippen molar-refractivity contribution in [2.75, 3.05) is 12.4 Å². The summed E-state index contributed by atoms with van der Waals surface area (Å²) in [6, 6.07) is 4.77. The normalized spacial score (nSPS) is 10.1. The first-order valence-corrected chi connectivity index (χ1v) is 6.26. The van der Waals surface area contributed by atoms with Crippen molar-refractivity contribution >= 4 is 34.2 Å². The summed E-state index contributed by atoms with van der Waals surface area (Å²) in [6.45, 7) is 0.462. The van der Waals surface area contributed by atoms with Crippen LogP contribution in [0, 0.1) is 10.1 Å². The van der Waals surface area contributed by atoms with Gasteiger partial charge in [0.1, 0.15) is 0 Å². The molecule has 0 saturated heterocycles. The van der Waals surface area contributed by atoms with E-state index in [0.29, 0.717) is 16.8 Å². The molecule has 1 aromatic carbocycles. The van der Waals surface area contributed by atoms with E-state index in [1.54, 1.807) is 12.1 Å². The number of para-hydroxylation sites is 1. The van der Waals surface area contributed by atoms with Gasteiger partial charge in [0.15, 0.2) is 0 Å². The zero-order valence-corrected chi connectivity index (χ0v) is 11.0. The number of benzene rings is 1. The Labute approximate surface area is 108 Å². The van der Waals surface area contributed by atoms with Crippen LogP contribution in [0.15, 0.2) is 22.7 Å². The van der Waals surface area contributed by atoms with E-state index in [4.69, 9.17) is 4.74 Å². The minimum atomic E-state index is -0.446. The molecular formula is C10H12BrNO3S. The van der Waals surface area contributed by atoms with Gasteiger partial charge in [0.05, 0.1) is 16.0 Å². The molecule has 0 fully saturated rings. The van der Waals surface area contributed by atoms with Crippen LogP contribution in [0.2, 0.25) is 0 Å². The van der Waals surface area contributed by atoms with Gasteiger partial charge in [-0.05, 0) is 40.6 Å². The van der Waals surface area contributed by atoms with Crippen molar-refractivity contribution in [2.45, 2.75) is 12.8 Å². The van der Waals surface area contributed by atoms with E-state index in [1.807, 2.05) is 0 Å². The van der Waals surface area contributed by atoms with Crippen LogP contribution in [0.4, 0.5) is 5.69 Å². The van der Waals surface area contributed by atoms with Gasteiger partial charge in [0.2, 0.25) is 5.75 Å². The first-order valence-electron chi connectivity index (χ1n) is 4.83. The number of ether oxygens (including phenoxy) is 1. The number of thiol groups is 1. The van der Waals surface area contributed by atoms with Gasteiger partial charge in [0, 0.05) is 6.07 Å². The van der Waals surface area contributed by atoms with Gasteiger partial charge in [-0.1, -0.05) is 6.07 Å². The van der Waals surface area contributed by atoms with Crippen molar-refractivity contribution in [1.82, 2.24) is 0 Å². The fraction of sp³-hybridized carbons (Fsp3) is 0.400. The van der Waals surface area contributed by atoms with Crippen LogP contribution in [0.1, 0.15) is 12.8 Å². The SMILES string of the molecule is O=[N+]([O-])c1cccc(Br)c1OCCCCS. The summed E-state index contributed by atoms with van der Waals surface area (Å²) in [5, 5.41) is 10.8. The third-order valence-corrected chi connectivity index (χ3v) is 2.88. The lowest BCUT2D eigenvalue weighted by Gasteiger charge is -2.07. The Hall–Kier alpha value is -0.750. The summed E-state index contributed by atoms with van der Waals surface area (Å²) in [5.41, 5.74) is -0.0137. The number of nitro benzene ring substituents is 1. The van der Waals surface area contributed by atoms with Crippen LogP contribution in [-0.2, 0) is 0 Å². The smallest absolute Gasteiger partial charge is 0.312 e. The maximum absolute atomic E-state index is 10.8. The molecule has 0 aromatic heterocycles. The Morgan fingerprint density at radius 2 is 2.19 bits per heavy atom. The van der Waals surface area contributed by atoms with E-state index in [1.165, 1.54) is 6.07 Å². The van der Waals surface area contributed by atoms with E-state index in [9.17, 15) is 10.1 Å². The van der Waals surface area contributed by atoms with Crippen LogP contribution in [0.3, 0.4) is 0 Å². The summed E-state index contributed by atoms with van der Waals surface area (Å²) in [6.07, 6.45) is 1.77. The Balaban J connectivity index is 2.73. The van der Waals surface area contributed by atoms with Gasteiger partial charge in [-0.25, -0.2) is 0 Å². The molecule has 0 saturated carbocycles. The molecule has 0 unspecified atom stereocenters. The number of nitro groups is 1. The fourth-order valence-corrected chi connectivity index (χ4v) is 1.87. The summed E-state index contributed by atoms with van der Waals surface area (Å²) < 4.78 is 6.01. The molecule has 0 amide bonds. The predicted molar refractivity (Wildman–Crippen MR) is 69.4 cm³/mol. The fourth-order valence-electron chi connectivity index (χ4n) is 1.17. The quantitative estimate of drug-likeness (QED) is 0.379. The number of unbranched alkanes of at least 4 members (excludes halogenated alkanes) is 1. The number of nitrogens with zero attached hydrogens (tertiary/aromatic N) is 1. The lowest BCUT2D eigenvalue weighted by atomic mass is 10.3.